The fourth-order valence-electron chi connectivity index (χ4n) is 2.94. The van der Waals surface area contributed by atoms with Crippen molar-refractivity contribution in [3.05, 3.63) is 36.2 Å². The molecular weight excluding hydrogens is 322 g/mol. The van der Waals surface area contributed by atoms with Gasteiger partial charge in [-0.15, -0.1) is 0 Å². The molecule has 2 aromatic rings. The van der Waals surface area contributed by atoms with Crippen molar-refractivity contribution in [2.75, 3.05) is 26.3 Å². The number of rotatable bonds is 3. The van der Waals surface area contributed by atoms with Gasteiger partial charge in [-0.3, -0.25) is 0 Å². The largest absolute Gasteiger partial charge is 0.450 e. The molecule has 25 heavy (non-hydrogen) atoms. The number of fused-ring (bicyclic) bond motifs is 1. The third-order valence-corrected chi connectivity index (χ3v) is 4.11. The first-order valence-electron chi connectivity index (χ1n) is 8.40. The van der Waals surface area contributed by atoms with E-state index >= 15 is 0 Å². The van der Waals surface area contributed by atoms with E-state index in [1.54, 1.807) is 31.1 Å². The summed E-state index contributed by atoms with van der Waals surface area (Å²) in [5, 5.41) is 0.895. The Labute approximate surface area is 145 Å². The Morgan fingerprint density at radius 1 is 1.20 bits per heavy atom. The van der Waals surface area contributed by atoms with E-state index in [2.05, 4.69) is 4.98 Å². The lowest BCUT2D eigenvalue weighted by atomic mass is 10.00. The number of aromatic nitrogens is 2. The molecule has 0 atom stereocenters. The van der Waals surface area contributed by atoms with Crippen LogP contribution in [0.15, 0.2) is 30.6 Å². The van der Waals surface area contributed by atoms with Crippen LogP contribution in [0.3, 0.4) is 0 Å². The van der Waals surface area contributed by atoms with Crippen LogP contribution < -0.4 is 0 Å². The Morgan fingerprint density at radius 2 is 1.96 bits per heavy atom. The zero-order valence-corrected chi connectivity index (χ0v) is 14.4. The van der Waals surface area contributed by atoms with Gasteiger partial charge in [-0.25, -0.2) is 19.1 Å². The first kappa shape index (κ1) is 17.0. The maximum Gasteiger partial charge on any atom is 0.419 e. The van der Waals surface area contributed by atoms with Crippen LogP contribution in [-0.2, 0) is 9.47 Å². The molecule has 0 spiro atoms. The molecule has 0 aromatic carbocycles. The molecule has 1 aliphatic rings. The molecular formula is C18H21N3O4. The van der Waals surface area contributed by atoms with E-state index < -0.39 is 6.09 Å². The molecule has 7 heteroatoms. The Kier molecular flexibility index (Phi) is 5.02. The van der Waals surface area contributed by atoms with E-state index in [-0.39, 0.29) is 6.09 Å². The van der Waals surface area contributed by atoms with Gasteiger partial charge in [-0.1, -0.05) is 6.08 Å². The summed E-state index contributed by atoms with van der Waals surface area (Å²) in [6.07, 6.45) is 5.37. The predicted molar refractivity (Wildman–Crippen MR) is 93.3 cm³/mol. The fraction of sp³-hybridized carbons (Fsp3) is 0.389. The smallest absolute Gasteiger partial charge is 0.419 e. The van der Waals surface area contributed by atoms with Crippen LogP contribution in [0.25, 0.3) is 16.6 Å². The lowest BCUT2D eigenvalue weighted by Gasteiger charge is -2.25. The van der Waals surface area contributed by atoms with Crippen molar-refractivity contribution >= 4 is 28.8 Å². The summed E-state index contributed by atoms with van der Waals surface area (Å²) >= 11 is 0. The first-order chi connectivity index (χ1) is 12.2. The van der Waals surface area contributed by atoms with Crippen LogP contribution in [0, 0.1) is 0 Å². The van der Waals surface area contributed by atoms with Gasteiger partial charge in [0.25, 0.3) is 0 Å². The number of amides is 1. The monoisotopic (exact) mass is 343 g/mol. The van der Waals surface area contributed by atoms with Crippen molar-refractivity contribution in [2.45, 2.75) is 20.3 Å². The van der Waals surface area contributed by atoms with Gasteiger partial charge in [-0.05, 0) is 38.0 Å². The second-order valence-corrected chi connectivity index (χ2v) is 5.61. The molecule has 132 valence electrons. The Morgan fingerprint density at radius 3 is 2.64 bits per heavy atom. The third kappa shape index (κ3) is 3.35. The predicted octanol–water partition coefficient (Wildman–Crippen LogP) is 3.29. The zero-order chi connectivity index (χ0) is 17.8. The topological polar surface area (TPSA) is 73.7 Å². The van der Waals surface area contributed by atoms with E-state index in [9.17, 15) is 9.59 Å². The van der Waals surface area contributed by atoms with E-state index in [4.69, 9.17) is 9.47 Å². The van der Waals surface area contributed by atoms with Gasteiger partial charge in [0.2, 0.25) is 0 Å². The lowest BCUT2D eigenvalue weighted by molar-refractivity contribution is 0.111. The van der Waals surface area contributed by atoms with Crippen LogP contribution in [0.5, 0.6) is 0 Å². The van der Waals surface area contributed by atoms with Crippen LogP contribution in [0.1, 0.15) is 25.8 Å². The quantitative estimate of drug-likeness (QED) is 0.855. The summed E-state index contributed by atoms with van der Waals surface area (Å²) in [6.45, 7) is 5.30. The highest BCUT2D eigenvalue weighted by Gasteiger charge is 2.22. The Bertz CT molecular complexity index is 825. The van der Waals surface area contributed by atoms with Crippen molar-refractivity contribution in [3.63, 3.8) is 0 Å². The minimum atomic E-state index is -0.443. The molecule has 0 saturated carbocycles. The van der Waals surface area contributed by atoms with Gasteiger partial charge in [0.15, 0.2) is 0 Å². The summed E-state index contributed by atoms with van der Waals surface area (Å²) < 4.78 is 11.6. The SMILES string of the molecule is CCOC(=O)N1CC=C(c2cn(C(=O)OCC)c3ncccc23)CC1. The molecule has 0 fully saturated rings. The maximum atomic E-state index is 12.2. The van der Waals surface area contributed by atoms with Gasteiger partial charge in [0.05, 0.1) is 13.2 Å². The molecule has 0 saturated heterocycles. The fourth-order valence-corrected chi connectivity index (χ4v) is 2.94. The molecule has 7 nitrogen and oxygen atoms in total. The summed E-state index contributed by atoms with van der Waals surface area (Å²) in [5.74, 6) is 0. The van der Waals surface area contributed by atoms with Crippen LogP contribution in [0.4, 0.5) is 9.59 Å². The van der Waals surface area contributed by atoms with Crippen molar-refractivity contribution in [3.8, 4) is 0 Å². The number of carbonyl (C=O) groups excluding carboxylic acids is 2. The highest BCUT2D eigenvalue weighted by molar-refractivity contribution is 5.96. The highest BCUT2D eigenvalue weighted by atomic mass is 16.6. The van der Waals surface area contributed by atoms with E-state index in [1.165, 1.54) is 4.57 Å². The molecule has 0 bridgehead atoms. The molecule has 0 radical (unpaired) electrons. The number of nitrogens with zero attached hydrogens (tertiary/aromatic N) is 3. The van der Waals surface area contributed by atoms with Gasteiger partial charge in [0.1, 0.15) is 5.65 Å². The van der Waals surface area contributed by atoms with Gasteiger partial charge < -0.3 is 14.4 Å². The van der Waals surface area contributed by atoms with Crippen molar-refractivity contribution in [2.24, 2.45) is 0 Å². The van der Waals surface area contributed by atoms with Crippen molar-refractivity contribution < 1.29 is 19.1 Å². The van der Waals surface area contributed by atoms with E-state index in [0.29, 0.717) is 38.4 Å². The van der Waals surface area contributed by atoms with Crippen LogP contribution in [-0.4, -0.2) is 52.9 Å². The number of carbonyl (C=O) groups is 2. The van der Waals surface area contributed by atoms with Crippen LogP contribution >= 0.6 is 0 Å². The highest BCUT2D eigenvalue weighted by Crippen LogP contribution is 2.30. The van der Waals surface area contributed by atoms with Crippen molar-refractivity contribution in [1.29, 1.82) is 0 Å². The number of ether oxygens (including phenoxy) is 2. The first-order valence-corrected chi connectivity index (χ1v) is 8.40. The molecule has 3 rings (SSSR count). The average Bonchev–Trinajstić information content (AvgIpc) is 3.02. The minimum absolute atomic E-state index is 0.298. The summed E-state index contributed by atoms with van der Waals surface area (Å²) in [5.41, 5.74) is 2.60. The second kappa shape index (κ2) is 7.38. The summed E-state index contributed by atoms with van der Waals surface area (Å²) in [7, 11) is 0. The van der Waals surface area contributed by atoms with Gasteiger partial charge in [-0.2, -0.15) is 0 Å². The standard InChI is InChI=1S/C18H21N3O4/c1-3-24-17(22)20-10-7-13(8-11-20)15-12-21(18(23)25-4-2)16-14(15)6-5-9-19-16/h5-7,9,12H,3-4,8,10-11H2,1-2H3. The maximum absolute atomic E-state index is 12.2. The number of hydrogen-bond donors (Lipinski definition) is 0. The van der Waals surface area contributed by atoms with E-state index in [0.717, 1.165) is 16.5 Å². The van der Waals surface area contributed by atoms with Gasteiger partial charge in [0, 0.05) is 36.4 Å². The molecule has 0 aliphatic carbocycles. The zero-order valence-electron chi connectivity index (χ0n) is 14.4. The average molecular weight is 343 g/mol. The number of pyridine rings is 1. The molecule has 0 unspecified atom stereocenters. The normalized spacial score (nSPS) is 14.3. The van der Waals surface area contributed by atoms with Crippen molar-refractivity contribution in [1.82, 2.24) is 14.5 Å². The second-order valence-electron chi connectivity index (χ2n) is 5.61. The third-order valence-electron chi connectivity index (χ3n) is 4.11. The lowest BCUT2D eigenvalue weighted by Crippen LogP contribution is -2.35. The summed E-state index contributed by atoms with van der Waals surface area (Å²) in [4.78, 5) is 30.0. The Hall–Kier alpha value is -2.83. The van der Waals surface area contributed by atoms with Gasteiger partial charge >= 0.3 is 12.2 Å². The molecule has 3 heterocycles. The molecule has 1 aliphatic heterocycles. The Balaban J connectivity index is 1.92. The minimum Gasteiger partial charge on any atom is -0.450 e. The molecule has 1 amide bonds. The summed E-state index contributed by atoms with van der Waals surface area (Å²) in [6, 6.07) is 3.78. The van der Waals surface area contributed by atoms with Crippen LogP contribution in [0.2, 0.25) is 0 Å². The van der Waals surface area contributed by atoms with E-state index in [1.807, 2.05) is 18.2 Å². The number of hydrogen-bond acceptors (Lipinski definition) is 5. The molecule has 2 aromatic heterocycles. The molecule has 0 N–H and O–H groups in total.